The summed E-state index contributed by atoms with van der Waals surface area (Å²) in [6.45, 7) is 2.09. The summed E-state index contributed by atoms with van der Waals surface area (Å²) in [6, 6.07) is 8.48. The zero-order chi connectivity index (χ0) is 13.4. The maximum absolute atomic E-state index is 10.8. The van der Waals surface area contributed by atoms with Crippen LogP contribution in [0, 0.1) is 6.92 Å². The van der Waals surface area contributed by atoms with E-state index in [0.717, 1.165) is 11.8 Å². The number of aldehydes is 1. The van der Waals surface area contributed by atoms with Crippen molar-refractivity contribution in [3.63, 3.8) is 0 Å². The van der Waals surface area contributed by atoms with Gasteiger partial charge in [-0.15, -0.1) is 0 Å². The molecule has 0 aliphatic carbocycles. The Balaban J connectivity index is 2.11. The summed E-state index contributed by atoms with van der Waals surface area (Å²) in [5.41, 5.74) is 4.31. The van der Waals surface area contributed by atoms with Crippen LogP contribution in [-0.4, -0.2) is 23.2 Å². The van der Waals surface area contributed by atoms with Gasteiger partial charge in [0.1, 0.15) is 0 Å². The zero-order valence-corrected chi connectivity index (χ0v) is 11.1. The highest BCUT2D eigenvalue weighted by Gasteiger charge is 2.21. The first-order valence-electron chi connectivity index (χ1n) is 6.35. The number of nitrogens with one attached hydrogen (secondary N) is 1. The van der Waals surface area contributed by atoms with Gasteiger partial charge in [0.05, 0.1) is 6.04 Å². The van der Waals surface area contributed by atoms with Gasteiger partial charge in [-0.1, -0.05) is 30.4 Å². The molecule has 0 spiro atoms. The Morgan fingerprint density at radius 3 is 2.84 bits per heavy atom. The molecule has 1 N–H and O–H groups in total. The molecule has 0 saturated heterocycles. The molecule has 1 aliphatic rings. The number of aromatic nitrogens is 1. The SMILES string of the molecule is Cc1[nH]c2ccccc2c1C1C=CC(C=O)=CN1C. The van der Waals surface area contributed by atoms with E-state index in [2.05, 4.69) is 41.1 Å². The first kappa shape index (κ1) is 11.8. The number of H-pyrrole nitrogens is 1. The summed E-state index contributed by atoms with van der Waals surface area (Å²) in [5.74, 6) is 0. The molecule has 19 heavy (non-hydrogen) atoms. The number of likely N-dealkylation sites (N-methyl/N-ethyl adjacent to an activating group) is 1. The molecule has 0 saturated carbocycles. The number of nitrogens with zero attached hydrogens (tertiary/aromatic N) is 1. The molecule has 1 atom stereocenters. The van der Waals surface area contributed by atoms with Crippen molar-refractivity contribution in [2.75, 3.05) is 7.05 Å². The van der Waals surface area contributed by atoms with Gasteiger partial charge in [-0.25, -0.2) is 0 Å². The van der Waals surface area contributed by atoms with Crippen molar-refractivity contribution in [2.24, 2.45) is 0 Å². The molecule has 1 unspecified atom stereocenters. The van der Waals surface area contributed by atoms with Gasteiger partial charge in [0, 0.05) is 41.0 Å². The number of para-hydroxylation sites is 1. The molecular weight excluding hydrogens is 236 g/mol. The van der Waals surface area contributed by atoms with Gasteiger partial charge in [-0.05, 0) is 13.0 Å². The van der Waals surface area contributed by atoms with Gasteiger partial charge >= 0.3 is 0 Å². The second kappa shape index (κ2) is 4.43. The molecule has 0 bridgehead atoms. The number of carbonyl (C=O) groups is 1. The minimum Gasteiger partial charge on any atom is -0.369 e. The van der Waals surface area contributed by atoms with Gasteiger partial charge in [0.2, 0.25) is 0 Å². The first-order valence-corrected chi connectivity index (χ1v) is 6.35. The Hall–Kier alpha value is -2.29. The average Bonchev–Trinajstić information content (AvgIpc) is 2.75. The van der Waals surface area contributed by atoms with Gasteiger partial charge in [0.25, 0.3) is 0 Å². The second-order valence-corrected chi connectivity index (χ2v) is 4.93. The molecule has 0 radical (unpaired) electrons. The highest BCUT2D eigenvalue weighted by atomic mass is 16.1. The third-order valence-corrected chi connectivity index (χ3v) is 3.64. The molecule has 2 heterocycles. The Morgan fingerprint density at radius 1 is 1.32 bits per heavy atom. The van der Waals surface area contributed by atoms with E-state index >= 15 is 0 Å². The highest BCUT2D eigenvalue weighted by Crippen LogP contribution is 2.33. The lowest BCUT2D eigenvalue weighted by atomic mass is 9.99. The molecule has 0 amide bonds. The molecule has 3 heteroatoms. The lowest BCUT2D eigenvalue weighted by Crippen LogP contribution is -2.21. The highest BCUT2D eigenvalue weighted by molar-refractivity contribution is 5.86. The normalized spacial score (nSPS) is 18.7. The maximum atomic E-state index is 10.8. The van der Waals surface area contributed by atoms with E-state index < -0.39 is 0 Å². The Kier molecular flexibility index (Phi) is 2.75. The van der Waals surface area contributed by atoms with E-state index in [-0.39, 0.29) is 6.04 Å². The summed E-state index contributed by atoms with van der Waals surface area (Å²) < 4.78 is 0. The molecule has 3 rings (SSSR count). The fourth-order valence-electron chi connectivity index (χ4n) is 2.75. The van der Waals surface area contributed by atoms with Crippen molar-refractivity contribution in [3.8, 4) is 0 Å². The predicted molar refractivity (Wildman–Crippen MR) is 76.8 cm³/mol. The number of aryl methyl sites for hydroxylation is 1. The molecule has 1 aromatic heterocycles. The van der Waals surface area contributed by atoms with Crippen LogP contribution in [0.5, 0.6) is 0 Å². The third-order valence-electron chi connectivity index (χ3n) is 3.64. The minimum absolute atomic E-state index is 0.167. The smallest absolute Gasteiger partial charge is 0.151 e. The molecule has 2 aromatic rings. The monoisotopic (exact) mass is 252 g/mol. The third kappa shape index (κ3) is 1.87. The second-order valence-electron chi connectivity index (χ2n) is 4.93. The lowest BCUT2D eigenvalue weighted by Gasteiger charge is -2.28. The van der Waals surface area contributed by atoms with E-state index in [1.54, 1.807) is 0 Å². The van der Waals surface area contributed by atoms with Crippen molar-refractivity contribution < 1.29 is 4.79 Å². The van der Waals surface area contributed by atoms with Crippen LogP contribution in [0.2, 0.25) is 0 Å². The van der Waals surface area contributed by atoms with Crippen molar-refractivity contribution >= 4 is 17.2 Å². The molecule has 1 aliphatic heterocycles. The van der Waals surface area contributed by atoms with Crippen molar-refractivity contribution in [1.29, 1.82) is 0 Å². The lowest BCUT2D eigenvalue weighted by molar-refractivity contribution is -0.104. The van der Waals surface area contributed by atoms with E-state index in [1.165, 1.54) is 16.6 Å². The number of aromatic amines is 1. The predicted octanol–water partition coefficient (Wildman–Crippen LogP) is 3.10. The Bertz CT molecular complexity index is 694. The standard InChI is InChI=1S/C16H16N2O/c1-11-16(13-5-3-4-6-14(13)17-11)15-8-7-12(10-19)9-18(15)2/h3-10,15,17H,1-2H3. The molecule has 1 aromatic carbocycles. The largest absolute Gasteiger partial charge is 0.369 e. The van der Waals surface area contributed by atoms with Crippen molar-refractivity contribution in [1.82, 2.24) is 9.88 Å². The molecule has 3 nitrogen and oxygen atoms in total. The van der Waals surface area contributed by atoms with E-state index in [0.29, 0.717) is 5.57 Å². The van der Waals surface area contributed by atoms with Crippen LogP contribution in [0.15, 0.2) is 48.2 Å². The number of hydrogen-bond donors (Lipinski definition) is 1. The summed E-state index contributed by atoms with van der Waals surface area (Å²) in [6.07, 6.45) is 6.73. The Labute approximate surface area is 112 Å². The summed E-state index contributed by atoms with van der Waals surface area (Å²) in [7, 11) is 2.00. The van der Waals surface area contributed by atoms with Crippen LogP contribution < -0.4 is 0 Å². The van der Waals surface area contributed by atoms with Gasteiger partial charge < -0.3 is 9.88 Å². The van der Waals surface area contributed by atoms with Crippen LogP contribution in [0.25, 0.3) is 10.9 Å². The minimum atomic E-state index is 0.167. The van der Waals surface area contributed by atoms with Crippen LogP contribution in [-0.2, 0) is 4.79 Å². The summed E-state index contributed by atoms with van der Waals surface area (Å²) in [4.78, 5) is 16.3. The van der Waals surface area contributed by atoms with Crippen LogP contribution in [0.1, 0.15) is 17.3 Å². The first-order chi connectivity index (χ1) is 9.20. The number of benzene rings is 1. The van der Waals surface area contributed by atoms with E-state index in [1.807, 2.05) is 25.4 Å². The van der Waals surface area contributed by atoms with Crippen LogP contribution in [0.3, 0.4) is 0 Å². The number of allylic oxidation sites excluding steroid dienone is 2. The van der Waals surface area contributed by atoms with Crippen LogP contribution in [0.4, 0.5) is 0 Å². The zero-order valence-electron chi connectivity index (χ0n) is 11.1. The van der Waals surface area contributed by atoms with E-state index in [9.17, 15) is 4.79 Å². The summed E-state index contributed by atoms with van der Waals surface area (Å²) in [5, 5.41) is 1.24. The van der Waals surface area contributed by atoms with Crippen molar-refractivity contribution in [3.05, 3.63) is 59.4 Å². The maximum Gasteiger partial charge on any atom is 0.151 e. The summed E-state index contributed by atoms with van der Waals surface area (Å²) >= 11 is 0. The molecule has 96 valence electrons. The number of hydrogen-bond acceptors (Lipinski definition) is 2. The van der Waals surface area contributed by atoms with Crippen LogP contribution >= 0.6 is 0 Å². The molecular formula is C16H16N2O. The number of rotatable bonds is 2. The Morgan fingerprint density at radius 2 is 2.11 bits per heavy atom. The quantitative estimate of drug-likeness (QED) is 0.834. The van der Waals surface area contributed by atoms with Crippen molar-refractivity contribution in [2.45, 2.75) is 13.0 Å². The fraction of sp³-hybridized carbons (Fsp3) is 0.188. The van der Waals surface area contributed by atoms with Gasteiger partial charge in [0.15, 0.2) is 6.29 Å². The molecule has 0 fully saturated rings. The fourth-order valence-corrected chi connectivity index (χ4v) is 2.75. The van der Waals surface area contributed by atoms with Gasteiger partial charge in [-0.3, -0.25) is 4.79 Å². The van der Waals surface area contributed by atoms with E-state index in [4.69, 9.17) is 0 Å². The number of carbonyl (C=O) groups excluding carboxylic acids is 1. The average molecular weight is 252 g/mol. The number of fused-ring (bicyclic) bond motifs is 1. The topological polar surface area (TPSA) is 36.1 Å². The van der Waals surface area contributed by atoms with Gasteiger partial charge in [-0.2, -0.15) is 0 Å².